The molecule has 0 aromatic heterocycles. The zero-order valence-corrected chi connectivity index (χ0v) is 11.4. The maximum absolute atomic E-state index is 13.4. The molecule has 1 rings (SSSR count). The van der Waals surface area contributed by atoms with Gasteiger partial charge in [-0.05, 0) is 26.0 Å². The smallest absolute Gasteiger partial charge is 0.344 e. The second-order valence-electron chi connectivity index (χ2n) is 3.99. The molecule has 6 nitrogen and oxygen atoms in total. The molecule has 0 heterocycles. The Labute approximate surface area is 119 Å². The average molecular weight is 300 g/mol. The maximum atomic E-state index is 13.4. The van der Waals surface area contributed by atoms with Gasteiger partial charge in [0.15, 0.2) is 6.10 Å². The number of rotatable bonds is 4. The van der Waals surface area contributed by atoms with Crippen molar-refractivity contribution in [2.75, 3.05) is 6.54 Å². The predicted molar refractivity (Wildman–Crippen MR) is 68.5 cm³/mol. The Morgan fingerprint density at radius 1 is 1.24 bits per heavy atom. The van der Waals surface area contributed by atoms with Gasteiger partial charge < -0.3 is 10.1 Å². The van der Waals surface area contributed by atoms with Gasteiger partial charge >= 0.3 is 12.0 Å². The van der Waals surface area contributed by atoms with Crippen LogP contribution in [0, 0.1) is 11.6 Å². The summed E-state index contributed by atoms with van der Waals surface area (Å²) in [6.45, 7) is 3.12. The number of ether oxygens (including phenoxy) is 1. The summed E-state index contributed by atoms with van der Waals surface area (Å²) in [7, 11) is 0. The highest BCUT2D eigenvalue weighted by atomic mass is 19.1. The van der Waals surface area contributed by atoms with E-state index in [0.717, 1.165) is 18.2 Å². The van der Waals surface area contributed by atoms with Crippen LogP contribution in [-0.2, 0) is 9.53 Å². The molecule has 1 aromatic carbocycles. The topological polar surface area (TPSA) is 84.5 Å². The van der Waals surface area contributed by atoms with Gasteiger partial charge in [0.2, 0.25) is 0 Å². The summed E-state index contributed by atoms with van der Waals surface area (Å²) in [5.74, 6) is -4.44. The van der Waals surface area contributed by atoms with E-state index in [1.807, 2.05) is 5.32 Å². The van der Waals surface area contributed by atoms with Gasteiger partial charge in [-0.3, -0.25) is 10.1 Å². The van der Waals surface area contributed by atoms with Crippen LogP contribution in [0.1, 0.15) is 24.2 Å². The molecule has 21 heavy (non-hydrogen) atoms. The van der Waals surface area contributed by atoms with Crippen LogP contribution in [0.25, 0.3) is 0 Å². The molecule has 8 heteroatoms. The summed E-state index contributed by atoms with van der Waals surface area (Å²) in [4.78, 5) is 34.3. The summed E-state index contributed by atoms with van der Waals surface area (Å²) in [5.41, 5.74) is -0.893. The molecule has 0 saturated carbocycles. The van der Waals surface area contributed by atoms with E-state index in [4.69, 9.17) is 0 Å². The molecule has 1 atom stereocenters. The van der Waals surface area contributed by atoms with E-state index >= 15 is 0 Å². The maximum Gasteiger partial charge on any atom is 0.344 e. The van der Waals surface area contributed by atoms with Gasteiger partial charge in [0.25, 0.3) is 5.91 Å². The molecule has 0 saturated heterocycles. The number of nitrogens with one attached hydrogen (secondary N) is 2. The van der Waals surface area contributed by atoms with Crippen LogP contribution >= 0.6 is 0 Å². The fraction of sp³-hybridized carbons (Fsp3) is 0.308. The molecule has 2 N–H and O–H groups in total. The number of hydrogen-bond donors (Lipinski definition) is 2. The van der Waals surface area contributed by atoms with Gasteiger partial charge in [0, 0.05) is 6.54 Å². The summed E-state index contributed by atoms with van der Waals surface area (Å²) in [5, 5.41) is 4.22. The van der Waals surface area contributed by atoms with E-state index in [1.54, 1.807) is 6.92 Å². The number of carbonyl (C=O) groups is 3. The number of amides is 3. The van der Waals surface area contributed by atoms with Crippen LogP contribution < -0.4 is 10.6 Å². The van der Waals surface area contributed by atoms with E-state index in [9.17, 15) is 23.2 Å². The van der Waals surface area contributed by atoms with Crippen molar-refractivity contribution in [2.45, 2.75) is 20.0 Å². The van der Waals surface area contributed by atoms with Gasteiger partial charge in [-0.15, -0.1) is 0 Å². The zero-order valence-electron chi connectivity index (χ0n) is 11.4. The highest BCUT2D eigenvalue weighted by molar-refractivity contribution is 5.98. The lowest BCUT2D eigenvalue weighted by molar-refractivity contribution is -0.127. The van der Waals surface area contributed by atoms with Crippen LogP contribution in [0.3, 0.4) is 0 Å². The van der Waals surface area contributed by atoms with Crippen molar-refractivity contribution in [3.05, 3.63) is 35.4 Å². The summed E-state index contributed by atoms with van der Waals surface area (Å²) < 4.78 is 31.3. The van der Waals surface area contributed by atoms with Crippen molar-refractivity contribution in [3.8, 4) is 0 Å². The monoisotopic (exact) mass is 300 g/mol. The lowest BCUT2D eigenvalue weighted by Crippen LogP contribution is -2.44. The molecule has 0 aliphatic heterocycles. The highest BCUT2D eigenvalue weighted by Gasteiger charge is 2.24. The van der Waals surface area contributed by atoms with E-state index in [-0.39, 0.29) is 0 Å². The molecule has 0 spiro atoms. The standard InChI is InChI=1S/C13H14F2N2O4/c1-3-16-13(20)17-11(18)7(2)21-12(19)10-8(14)5-4-6-9(10)15/h4-7H,3H2,1-2H3,(H2,16,17,18,20)/t7-/m0/s1. The Kier molecular flexibility index (Phi) is 5.77. The second-order valence-corrected chi connectivity index (χ2v) is 3.99. The third kappa shape index (κ3) is 4.51. The van der Waals surface area contributed by atoms with Gasteiger partial charge in [-0.2, -0.15) is 0 Å². The summed E-state index contributed by atoms with van der Waals surface area (Å²) in [6, 6.07) is 2.10. The normalized spacial score (nSPS) is 11.4. The number of benzene rings is 1. The van der Waals surface area contributed by atoms with Crippen molar-refractivity contribution in [1.82, 2.24) is 10.6 Å². The third-order valence-electron chi connectivity index (χ3n) is 2.39. The Morgan fingerprint density at radius 3 is 2.33 bits per heavy atom. The predicted octanol–water partition coefficient (Wildman–Crippen LogP) is 1.36. The fourth-order valence-electron chi connectivity index (χ4n) is 1.38. The molecule has 0 unspecified atom stereocenters. The van der Waals surface area contributed by atoms with E-state index in [0.29, 0.717) is 6.54 Å². The first kappa shape index (κ1) is 16.5. The molecule has 3 amide bonds. The van der Waals surface area contributed by atoms with Crippen LogP contribution in [-0.4, -0.2) is 30.6 Å². The van der Waals surface area contributed by atoms with E-state index in [1.165, 1.54) is 6.92 Å². The highest BCUT2D eigenvalue weighted by Crippen LogP contribution is 2.14. The Morgan fingerprint density at radius 2 is 1.81 bits per heavy atom. The molecule has 0 fully saturated rings. The van der Waals surface area contributed by atoms with E-state index in [2.05, 4.69) is 10.1 Å². The number of esters is 1. The number of imide groups is 1. The average Bonchev–Trinajstić information content (AvgIpc) is 2.38. The van der Waals surface area contributed by atoms with Crippen molar-refractivity contribution in [3.63, 3.8) is 0 Å². The molecule has 0 aliphatic rings. The molecular formula is C13H14F2N2O4. The summed E-state index contributed by atoms with van der Waals surface area (Å²) in [6.07, 6.45) is -1.39. The molecule has 0 radical (unpaired) electrons. The van der Waals surface area contributed by atoms with Crippen LogP contribution in [0.5, 0.6) is 0 Å². The van der Waals surface area contributed by atoms with Gasteiger partial charge in [-0.1, -0.05) is 6.07 Å². The van der Waals surface area contributed by atoms with Crippen molar-refractivity contribution >= 4 is 17.9 Å². The largest absolute Gasteiger partial charge is 0.449 e. The first-order valence-electron chi connectivity index (χ1n) is 6.10. The van der Waals surface area contributed by atoms with Crippen molar-refractivity contribution < 1.29 is 27.9 Å². The summed E-state index contributed by atoms with van der Waals surface area (Å²) >= 11 is 0. The SMILES string of the molecule is CCNC(=O)NC(=O)[C@H](C)OC(=O)c1c(F)cccc1F. The zero-order chi connectivity index (χ0) is 16.0. The van der Waals surface area contributed by atoms with Crippen LogP contribution in [0.2, 0.25) is 0 Å². The van der Waals surface area contributed by atoms with Crippen molar-refractivity contribution in [2.24, 2.45) is 0 Å². The molecule has 114 valence electrons. The number of carbonyl (C=O) groups excluding carboxylic acids is 3. The van der Waals surface area contributed by atoms with E-state index < -0.39 is 41.2 Å². The Bertz CT molecular complexity index is 543. The van der Waals surface area contributed by atoms with Crippen LogP contribution in [0.4, 0.5) is 13.6 Å². The number of urea groups is 1. The second kappa shape index (κ2) is 7.32. The van der Waals surface area contributed by atoms with Gasteiger partial charge in [-0.25, -0.2) is 18.4 Å². The quantitative estimate of drug-likeness (QED) is 0.822. The minimum atomic E-state index is -1.39. The van der Waals surface area contributed by atoms with Gasteiger partial charge in [0.05, 0.1) is 0 Å². The minimum absolute atomic E-state index is 0.299. The van der Waals surface area contributed by atoms with Crippen molar-refractivity contribution in [1.29, 1.82) is 0 Å². The Hall–Kier alpha value is -2.51. The molecule has 0 bridgehead atoms. The number of halogens is 2. The van der Waals surface area contributed by atoms with Crippen LogP contribution in [0.15, 0.2) is 18.2 Å². The lowest BCUT2D eigenvalue weighted by Gasteiger charge is -2.13. The molecule has 1 aromatic rings. The fourth-order valence-corrected chi connectivity index (χ4v) is 1.38. The third-order valence-corrected chi connectivity index (χ3v) is 2.39. The first-order chi connectivity index (χ1) is 9.86. The van der Waals surface area contributed by atoms with Gasteiger partial charge in [0.1, 0.15) is 17.2 Å². The minimum Gasteiger partial charge on any atom is -0.449 e. The number of hydrogen-bond acceptors (Lipinski definition) is 4. The first-order valence-corrected chi connectivity index (χ1v) is 6.10. The Balaban J connectivity index is 2.70. The molecular weight excluding hydrogens is 286 g/mol. The lowest BCUT2D eigenvalue weighted by atomic mass is 10.2. The molecule has 0 aliphatic carbocycles.